The number of nitrogens with one attached hydrogen (secondary N) is 1. The number of rotatable bonds is 4. The summed E-state index contributed by atoms with van der Waals surface area (Å²) < 4.78 is 1.65. The quantitative estimate of drug-likeness (QED) is 0.675. The summed E-state index contributed by atoms with van der Waals surface area (Å²) >= 11 is 12.3. The van der Waals surface area contributed by atoms with Crippen LogP contribution in [0.15, 0.2) is 24.4 Å². The molecule has 0 atom stereocenters. The summed E-state index contributed by atoms with van der Waals surface area (Å²) in [5.41, 5.74) is 0.824. The Bertz CT molecular complexity index is 1030. The fourth-order valence-corrected chi connectivity index (χ4v) is 3.72. The van der Waals surface area contributed by atoms with Gasteiger partial charge in [0.2, 0.25) is 0 Å². The Morgan fingerprint density at radius 1 is 1.00 bits per heavy atom. The lowest BCUT2D eigenvalue weighted by Gasteiger charge is -2.33. The van der Waals surface area contributed by atoms with Crippen LogP contribution in [0, 0.1) is 13.8 Å². The number of aromatic nitrogens is 5. The molecule has 4 heterocycles. The Morgan fingerprint density at radius 3 is 2.48 bits per heavy atom. The lowest BCUT2D eigenvalue weighted by atomic mass is 10.3. The van der Waals surface area contributed by atoms with Gasteiger partial charge in [-0.2, -0.15) is 9.78 Å². The van der Waals surface area contributed by atoms with Crippen LogP contribution in [0.4, 0.5) is 17.5 Å². The second-order valence-corrected chi connectivity index (χ2v) is 7.96. The highest BCUT2D eigenvalue weighted by Gasteiger charge is 2.18. The van der Waals surface area contributed by atoms with Gasteiger partial charge in [-0.25, -0.2) is 15.0 Å². The third kappa shape index (κ3) is 4.44. The van der Waals surface area contributed by atoms with Crippen LogP contribution < -0.4 is 10.2 Å². The van der Waals surface area contributed by atoms with Crippen molar-refractivity contribution < 1.29 is 0 Å². The summed E-state index contributed by atoms with van der Waals surface area (Å²) in [6.45, 7) is 7.70. The second kappa shape index (κ2) is 8.14. The standard InChI is InChI=1S/C19H22Cl2N8/c1-12-8-18(29(26-12)19-15(21)9-14(20)11-22-19)25-16-10-17(24-13(2)23-16)28-6-4-27(3)5-7-28/h8-11H,4-7H2,1-3H3,(H,23,24,25). The molecule has 0 amide bonds. The first-order valence-corrected chi connectivity index (χ1v) is 10.1. The van der Waals surface area contributed by atoms with Gasteiger partial charge in [0.25, 0.3) is 0 Å². The first-order valence-electron chi connectivity index (χ1n) is 9.33. The van der Waals surface area contributed by atoms with E-state index in [1.807, 2.05) is 26.0 Å². The Balaban J connectivity index is 1.65. The van der Waals surface area contributed by atoms with Crippen molar-refractivity contribution in [3.8, 4) is 5.82 Å². The highest BCUT2D eigenvalue weighted by molar-refractivity contribution is 6.35. The Hall–Kier alpha value is -2.42. The monoisotopic (exact) mass is 432 g/mol. The molecule has 1 N–H and O–H groups in total. The van der Waals surface area contributed by atoms with Gasteiger partial charge in [0.15, 0.2) is 5.82 Å². The number of hydrogen-bond donors (Lipinski definition) is 1. The van der Waals surface area contributed by atoms with Crippen molar-refractivity contribution in [1.29, 1.82) is 0 Å². The molecule has 0 spiro atoms. The molecular weight excluding hydrogens is 411 g/mol. The molecule has 152 valence electrons. The first kappa shape index (κ1) is 19.9. The molecule has 0 bridgehead atoms. The second-order valence-electron chi connectivity index (χ2n) is 7.12. The van der Waals surface area contributed by atoms with E-state index in [1.165, 1.54) is 0 Å². The Labute approximate surface area is 179 Å². The van der Waals surface area contributed by atoms with Gasteiger partial charge in [-0.05, 0) is 27.0 Å². The zero-order valence-corrected chi connectivity index (χ0v) is 18.0. The zero-order valence-electron chi connectivity index (χ0n) is 16.5. The summed E-state index contributed by atoms with van der Waals surface area (Å²) in [6, 6.07) is 5.52. The molecule has 8 nitrogen and oxygen atoms in total. The third-order valence-corrected chi connectivity index (χ3v) is 5.21. The van der Waals surface area contributed by atoms with Gasteiger partial charge in [0.05, 0.1) is 15.7 Å². The van der Waals surface area contributed by atoms with E-state index in [0.29, 0.717) is 33.3 Å². The van der Waals surface area contributed by atoms with Crippen LogP contribution in [0.1, 0.15) is 11.5 Å². The lowest BCUT2D eigenvalue weighted by Crippen LogP contribution is -2.44. The molecule has 3 aromatic heterocycles. The van der Waals surface area contributed by atoms with E-state index in [-0.39, 0.29) is 0 Å². The van der Waals surface area contributed by atoms with Crippen molar-refractivity contribution in [2.24, 2.45) is 0 Å². The molecule has 3 aromatic rings. The van der Waals surface area contributed by atoms with Crippen molar-refractivity contribution in [2.45, 2.75) is 13.8 Å². The van der Waals surface area contributed by atoms with Gasteiger partial charge in [-0.15, -0.1) is 0 Å². The summed E-state index contributed by atoms with van der Waals surface area (Å²) in [5.74, 6) is 3.52. The molecule has 1 aliphatic heterocycles. The van der Waals surface area contributed by atoms with Crippen LogP contribution in [-0.4, -0.2) is 62.9 Å². The molecule has 1 aliphatic rings. The topological polar surface area (TPSA) is 75.0 Å². The van der Waals surface area contributed by atoms with Crippen molar-refractivity contribution in [3.63, 3.8) is 0 Å². The molecular formula is C19H22Cl2N8. The van der Waals surface area contributed by atoms with Gasteiger partial charge < -0.3 is 15.1 Å². The van der Waals surface area contributed by atoms with Crippen molar-refractivity contribution in [3.05, 3.63) is 46.0 Å². The number of halogens is 2. The zero-order chi connectivity index (χ0) is 20.5. The number of anilines is 3. The molecule has 1 saturated heterocycles. The molecule has 1 fully saturated rings. The van der Waals surface area contributed by atoms with Crippen molar-refractivity contribution in [1.82, 2.24) is 29.6 Å². The summed E-state index contributed by atoms with van der Waals surface area (Å²) in [6.07, 6.45) is 1.55. The normalized spacial score (nSPS) is 15.0. The van der Waals surface area contributed by atoms with E-state index in [1.54, 1.807) is 16.9 Å². The largest absolute Gasteiger partial charge is 0.354 e. The van der Waals surface area contributed by atoms with Crippen LogP contribution in [0.2, 0.25) is 10.0 Å². The Kier molecular flexibility index (Phi) is 5.58. The number of nitrogens with zero attached hydrogens (tertiary/aromatic N) is 7. The maximum absolute atomic E-state index is 6.34. The van der Waals surface area contributed by atoms with Crippen LogP contribution >= 0.6 is 23.2 Å². The maximum Gasteiger partial charge on any atom is 0.174 e. The van der Waals surface area contributed by atoms with E-state index in [9.17, 15) is 0 Å². The van der Waals surface area contributed by atoms with E-state index < -0.39 is 0 Å². The number of aryl methyl sites for hydroxylation is 2. The fraction of sp³-hybridized carbons (Fsp3) is 0.368. The average molecular weight is 433 g/mol. The number of piperazine rings is 1. The summed E-state index contributed by atoms with van der Waals surface area (Å²) in [5, 5.41) is 8.75. The van der Waals surface area contributed by atoms with Crippen LogP contribution in [0.3, 0.4) is 0 Å². The van der Waals surface area contributed by atoms with E-state index in [4.69, 9.17) is 23.2 Å². The smallest absolute Gasteiger partial charge is 0.174 e. The molecule has 0 unspecified atom stereocenters. The minimum atomic E-state index is 0.417. The van der Waals surface area contributed by atoms with Crippen LogP contribution in [0.5, 0.6) is 0 Å². The fourth-order valence-electron chi connectivity index (χ4n) is 3.26. The van der Waals surface area contributed by atoms with E-state index >= 15 is 0 Å². The van der Waals surface area contributed by atoms with Crippen molar-refractivity contribution in [2.75, 3.05) is 43.4 Å². The number of likely N-dealkylation sites (N-methyl/N-ethyl adjacent to an activating group) is 1. The molecule has 0 aliphatic carbocycles. The average Bonchev–Trinajstić information content (AvgIpc) is 3.01. The first-order chi connectivity index (χ1) is 13.9. The van der Waals surface area contributed by atoms with E-state index in [2.05, 4.69) is 42.2 Å². The van der Waals surface area contributed by atoms with Gasteiger partial charge in [0.1, 0.15) is 23.3 Å². The Morgan fingerprint density at radius 2 is 1.76 bits per heavy atom. The molecule has 10 heteroatoms. The number of hydrogen-bond acceptors (Lipinski definition) is 7. The maximum atomic E-state index is 6.34. The van der Waals surface area contributed by atoms with Gasteiger partial charge >= 0.3 is 0 Å². The van der Waals surface area contributed by atoms with Gasteiger partial charge in [0, 0.05) is 44.5 Å². The highest BCUT2D eigenvalue weighted by Crippen LogP contribution is 2.27. The van der Waals surface area contributed by atoms with Crippen molar-refractivity contribution >= 4 is 40.7 Å². The van der Waals surface area contributed by atoms with E-state index in [0.717, 1.165) is 37.7 Å². The minimum Gasteiger partial charge on any atom is -0.354 e. The molecule has 0 aromatic carbocycles. The SMILES string of the molecule is Cc1cc(Nc2cc(N3CCN(C)CC3)nc(C)n2)n(-c2ncc(Cl)cc2Cl)n1. The predicted octanol–water partition coefficient (Wildman–Crippen LogP) is 3.48. The predicted molar refractivity (Wildman–Crippen MR) is 116 cm³/mol. The van der Waals surface area contributed by atoms with Gasteiger partial charge in [-0.3, -0.25) is 0 Å². The molecule has 29 heavy (non-hydrogen) atoms. The van der Waals surface area contributed by atoms with Crippen LogP contribution in [0.25, 0.3) is 5.82 Å². The third-order valence-electron chi connectivity index (χ3n) is 4.73. The molecule has 0 radical (unpaired) electrons. The van der Waals surface area contributed by atoms with Gasteiger partial charge in [-0.1, -0.05) is 23.2 Å². The number of pyridine rings is 1. The molecule has 0 saturated carbocycles. The summed E-state index contributed by atoms with van der Waals surface area (Å²) in [7, 11) is 2.13. The summed E-state index contributed by atoms with van der Waals surface area (Å²) in [4.78, 5) is 18.1. The molecule has 4 rings (SSSR count). The van der Waals surface area contributed by atoms with Crippen LogP contribution in [-0.2, 0) is 0 Å². The highest BCUT2D eigenvalue weighted by atomic mass is 35.5. The lowest BCUT2D eigenvalue weighted by molar-refractivity contribution is 0.312. The minimum absolute atomic E-state index is 0.417.